The van der Waals surface area contributed by atoms with Crippen molar-refractivity contribution in [2.24, 2.45) is 0 Å². The molecule has 21 heavy (non-hydrogen) atoms. The van der Waals surface area contributed by atoms with E-state index >= 15 is 0 Å². The zero-order valence-corrected chi connectivity index (χ0v) is 13.8. The van der Waals surface area contributed by atoms with Gasteiger partial charge in [-0.2, -0.15) is 0 Å². The van der Waals surface area contributed by atoms with Gasteiger partial charge in [-0.1, -0.05) is 25.0 Å². The Morgan fingerprint density at radius 3 is 2.95 bits per heavy atom. The van der Waals surface area contributed by atoms with Crippen LogP contribution in [0.25, 0.3) is 0 Å². The highest BCUT2D eigenvalue weighted by Gasteiger charge is 2.26. The molecule has 2 aliphatic carbocycles. The van der Waals surface area contributed by atoms with E-state index in [1.807, 2.05) is 6.92 Å². The van der Waals surface area contributed by atoms with Crippen LogP contribution >= 0.6 is 0 Å². The topological polar surface area (TPSA) is 58.2 Å². The van der Waals surface area contributed by atoms with E-state index < -0.39 is 10.8 Å². The van der Waals surface area contributed by atoms with E-state index in [-0.39, 0.29) is 17.3 Å². The maximum atomic E-state index is 11.9. The summed E-state index contributed by atoms with van der Waals surface area (Å²) in [7, 11) is -0.735. The number of carbonyl (C=O) groups excluding carboxylic acids is 1. The molecule has 0 radical (unpaired) electrons. The van der Waals surface area contributed by atoms with Gasteiger partial charge in [-0.05, 0) is 44.9 Å². The molecule has 5 heteroatoms. The summed E-state index contributed by atoms with van der Waals surface area (Å²) in [6, 6.07) is 0.117. The lowest BCUT2D eigenvalue weighted by Crippen LogP contribution is -2.45. The maximum Gasteiger partial charge on any atom is 0.315 e. The zero-order chi connectivity index (χ0) is 15.1. The molecule has 3 atom stereocenters. The van der Waals surface area contributed by atoms with Gasteiger partial charge in [0.1, 0.15) is 0 Å². The van der Waals surface area contributed by atoms with Gasteiger partial charge in [-0.3, -0.25) is 4.21 Å². The summed E-state index contributed by atoms with van der Waals surface area (Å²) < 4.78 is 11.9. The first-order chi connectivity index (χ1) is 10.2. The molecule has 2 aliphatic rings. The monoisotopic (exact) mass is 312 g/mol. The third kappa shape index (κ3) is 5.46. The van der Waals surface area contributed by atoms with Gasteiger partial charge in [0.15, 0.2) is 0 Å². The SMILES string of the molecule is CCS(=O)C1CCCC(NC(=O)NCCC2=CCCC2)C1. The van der Waals surface area contributed by atoms with Crippen molar-refractivity contribution in [3.05, 3.63) is 11.6 Å². The number of allylic oxidation sites excluding steroid dienone is 1. The van der Waals surface area contributed by atoms with Gasteiger partial charge >= 0.3 is 6.03 Å². The summed E-state index contributed by atoms with van der Waals surface area (Å²) in [5.74, 6) is 0.721. The van der Waals surface area contributed by atoms with E-state index in [1.54, 1.807) is 0 Å². The number of carbonyl (C=O) groups is 1. The molecule has 0 aliphatic heterocycles. The Labute approximate surface area is 130 Å². The molecule has 0 aromatic heterocycles. The summed E-state index contributed by atoms with van der Waals surface area (Å²) in [6.45, 7) is 2.69. The third-order valence-electron chi connectivity index (χ3n) is 4.48. The fourth-order valence-corrected chi connectivity index (χ4v) is 4.64. The van der Waals surface area contributed by atoms with Crippen LogP contribution < -0.4 is 10.6 Å². The Bertz CT molecular complexity index is 409. The van der Waals surface area contributed by atoms with Gasteiger partial charge in [0, 0.05) is 34.4 Å². The van der Waals surface area contributed by atoms with Gasteiger partial charge in [0.2, 0.25) is 0 Å². The highest BCUT2D eigenvalue weighted by Crippen LogP contribution is 2.23. The molecule has 1 fully saturated rings. The molecule has 3 unspecified atom stereocenters. The van der Waals surface area contributed by atoms with E-state index in [1.165, 1.54) is 24.8 Å². The number of hydrogen-bond acceptors (Lipinski definition) is 2. The number of hydrogen-bond donors (Lipinski definition) is 2. The normalized spacial score (nSPS) is 27.0. The molecular formula is C16H28N2O2S. The molecule has 1 saturated carbocycles. The number of nitrogens with one attached hydrogen (secondary N) is 2. The van der Waals surface area contributed by atoms with Crippen LogP contribution in [0.1, 0.15) is 58.3 Å². The van der Waals surface area contributed by atoms with Gasteiger partial charge in [-0.25, -0.2) is 4.79 Å². The van der Waals surface area contributed by atoms with Crippen LogP contribution in [0.3, 0.4) is 0 Å². The zero-order valence-electron chi connectivity index (χ0n) is 13.0. The standard InChI is InChI=1S/C16H28N2O2S/c1-2-21(20)15-9-5-8-14(12-15)18-16(19)17-11-10-13-6-3-4-7-13/h6,14-15H,2-5,7-12H2,1H3,(H2,17,18,19). The minimum Gasteiger partial charge on any atom is -0.338 e. The molecule has 0 aromatic carbocycles. The summed E-state index contributed by atoms with van der Waals surface area (Å²) >= 11 is 0. The Morgan fingerprint density at radius 2 is 2.24 bits per heavy atom. The third-order valence-corrected chi connectivity index (χ3v) is 6.23. The van der Waals surface area contributed by atoms with Crippen LogP contribution in [-0.4, -0.2) is 33.8 Å². The smallest absolute Gasteiger partial charge is 0.315 e. The van der Waals surface area contributed by atoms with Gasteiger partial charge in [0.05, 0.1) is 0 Å². The second-order valence-electron chi connectivity index (χ2n) is 6.06. The lowest BCUT2D eigenvalue weighted by Gasteiger charge is -2.29. The molecule has 2 amide bonds. The van der Waals surface area contributed by atoms with Crippen LogP contribution in [-0.2, 0) is 10.8 Å². The average molecular weight is 312 g/mol. The number of urea groups is 1. The minimum absolute atomic E-state index is 0.0680. The second kappa shape index (κ2) is 8.57. The number of rotatable bonds is 6. The molecule has 2 rings (SSSR count). The van der Waals surface area contributed by atoms with Gasteiger partial charge in [0.25, 0.3) is 0 Å². The van der Waals surface area contributed by atoms with E-state index in [0.717, 1.165) is 37.9 Å². The van der Waals surface area contributed by atoms with Crippen LogP contribution in [0.15, 0.2) is 11.6 Å². The van der Waals surface area contributed by atoms with Crippen molar-refractivity contribution >= 4 is 16.8 Å². The van der Waals surface area contributed by atoms with Crippen molar-refractivity contribution < 1.29 is 9.00 Å². The lowest BCUT2D eigenvalue weighted by atomic mass is 9.95. The second-order valence-corrected chi connectivity index (χ2v) is 8.07. The van der Waals surface area contributed by atoms with E-state index in [4.69, 9.17) is 0 Å². The van der Waals surface area contributed by atoms with Crippen molar-refractivity contribution in [3.8, 4) is 0 Å². The largest absolute Gasteiger partial charge is 0.338 e. The molecule has 2 N–H and O–H groups in total. The highest BCUT2D eigenvalue weighted by atomic mass is 32.2. The average Bonchev–Trinajstić information content (AvgIpc) is 3.00. The quantitative estimate of drug-likeness (QED) is 0.741. The first-order valence-electron chi connectivity index (χ1n) is 8.28. The predicted octanol–water partition coefficient (Wildman–Crippen LogP) is 2.87. The van der Waals surface area contributed by atoms with Crippen LogP contribution in [0.2, 0.25) is 0 Å². The highest BCUT2D eigenvalue weighted by molar-refractivity contribution is 7.85. The summed E-state index contributed by atoms with van der Waals surface area (Å²) in [5, 5.41) is 6.26. The van der Waals surface area contributed by atoms with Gasteiger partial charge < -0.3 is 10.6 Å². The van der Waals surface area contributed by atoms with Gasteiger partial charge in [-0.15, -0.1) is 0 Å². The van der Waals surface area contributed by atoms with E-state index in [0.29, 0.717) is 6.54 Å². The summed E-state index contributed by atoms with van der Waals surface area (Å²) in [4.78, 5) is 11.9. The Kier molecular flexibility index (Phi) is 6.74. The lowest BCUT2D eigenvalue weighted by molar-refractivity contribution is 0.233. The molecule has 120 valence electrons. The Hall–Kier alpha value is -0.840. The van der Waals surface area contributed by atoms with Crippen molar-refractivity contribution in [2.45, 2.75) is 69.6 Å². The Balaban J connectivity index is 1.65. The Morgan fingerprint density at radius 1 is 1.38 bits per heavy atom. The fraction of sp³-hybridized carbons (Fsp3) is 0.812. The molecule has 4 nitrogen and oxygen atoms in total. The first-order valence-corrected chi connectivity index (χ1v) is 9.66. The summed E-state index contributed by atoms with van der Waals surface area (Å²) in [6.07, 6.45) is 10.9. The van der Waals surface area contributed by atoms with Crippen molar-refractivity contribution in [3.63, 3.8) is 0 Å². The number of amides is 2. The molecule has 0 bridgehead atoms. The van der Waals surface area contributed by atoms with E-state index in [2.05, 4.69) is 16.7 Å². The maximum absolute atomic E-state index is 11.9. The van der Waals surface area contributed by atoms with Crippen LogP contribution in [0.4, 0.5) is 4.79 Å². The molecule has 0 spiro atoms. The molecule has 0 heterocycles. The molecule has 0 saturated heterocycles. The summed E-state index contributed by atoms with van der Waals surface area (Å²) in [5.41, 5.74) is 1.48. The van der Waals surface area contributed by atoms with Crippen molar-refractivity contribution in [2.75, 3.05) is 12.3 Å². The van der Waals surface area contributed by atoms with E-state index in [9.17, 15) is 9.00 Å². The first kappa shape index (κ1) is 16.5. The molecule has 0 aromatic rings. The van der Waals surface area contributed by atoms with Crippen molar-refractivity contribution in [1.82, 2.24) is 10.6 Å². The minimum atomic E-state index is -0.735. The van der Waals surface area contributed by atoms with Crippen LogP contribution in [0.5, 0.6) is 0 Å². The predicted molar refractivity (Wildman–Crippen MR) is 87.8 cm³/mol. The van der Waals surface area contributed by atoms with Crippen LogP contribution in [0, 0.1) is 0 Å². The molecular weight excluding hydrogens is 284 g/mol. The fourth-order valence-electron chi connectivity index (χ4n) is 3.29. The van der Waals surface area contributed by atoms with Crippen molar-refractivity contribution in [1.29, 1.82) is 0 Å².